The number of hydrogen-bond donors (Lipinski definition) is 4. The molecule has 30 heavy (non-hydrogen) atoms. The molecule has 0 radical (unpaired) electrons. The summed E-state index contributed by atoms with van der Waals surface area (Å²) in [6, 6.07) is 17.3. The molecule has 0 fully saturated rings. The highest BCUT2D eigenvalue weighted by Gasteiger charge is 2.16. The Morgan fingerprint density at radius 2 is 1.83 bits per heavy atom. The van der Waals surface area contributed by atoms with E-state index in [1.54, 1.807) is 36.4 Å². The van der Waals surface area contributed by atoms with E-state index in [9.17, 15) is 14.8 Å². The number of amides is 1. The Morgan fingerprint density at radius 1 is 1.03 bits per heavy atom. The van der Waals surface area contributed by atoms with E-state index in [4.69, 9.17) is 16.2 Å². The number of benzene rings is 3. The first-order valence-corrected chi connectivity index (χ1v) is 9.41. The molecule has 4 N–H and O–H groups in total. The maximum atomic E-state index is 12.8. The van der Waals surface area contributed by atoms with Gasteiger partial charge < -0.3 is 20.7 Å². The van der Waals surface area contributed by atoms with Crippen molar-refractivity contribution in [2.75, 3.05) is 5.32 Å². The lowest BCUT2D eigenvalue weighted by Crippen LogP contribution is -2.31. The van der Waals surface area contributed by atoms with Crippen molar-refractivity contribution in [1.82, 2.24) is 15.6 Å². The third-order valence-electron chi connectivity index (χ3n) is 4.52. The molecule has 1 aromatic heterocycles. The van der Waals surface area contributed by atoms with E-state index in [2.05, 4.69) is 20.9 Å². The number of anilines is 2. The zero-order valence-electron chi connectivity index (χ0n) is 15.5. The number of fused-ring (bicyclic) bond motifs is 1. The summed E-state index contributed by atoms with van der Waals surface area (Å²) in [5.41, 5.74) is 3.81. The molecular weight excluding hydrogens is 407 g/mol. The third kappa shape index (κ3) is 4.13. The summed E-state index contributed by atoms with van der Waals surface area (Å²) in [6.45, 7) is 0.220. The molecule has 150 valence electrons. The molecule has 10 heteroatoms. The van der Waals surface area contributed by atoms with Crippen molar-refractivity contribution < 1.29 is 19.5 Å². The summed E-state index contributed by atoms with van der Waals surface area (Å²) in [7, 11) is -1.65. The summed E-state index contributed by atoms with van der Waals surface area (Å²) in [5.74, 6) is -0.286. The highest BCUT2D eigenvalue weighted by molar-refractivity contribution is 6.62. The third-order valence-corrected chi connectivity index (χ3v) is 4.85. The minimum absolute atomic E-state index is 0.206. The van der Waals surface area contributed by atoms with Crippen molar-refractivity contribution in [3.05, 3.63) is 76.8 Å². The summed E-state index contributed by atoms with van der Waals surface area (Å²) in [4.78, 5) is 12.8. The van der Waals surface area contributed by atoms with Crippen LogP contribution in [0.5, 0.6) is 0 Å². The van der Waals surface area contributed by atoms with E-state index in [1.807, 2.05) is 18.2 Å². The number of halogens is 1. The van der Waals surface area contributed by atoms with Crippen LogP contribution in [0.3, 0.4) is 0 Å². The van der Waals surface area contributed by atoms with Crippen LogP contribution in [0, 0.1) is 0 Å². The van der Waals surface area contributed by atoms with Gasteiger partial charge in [-0.15, -0.1) is 0 Å². The quantitative estimate of drug-likeness (QED) is 0.352. The Bertz CT molecular complexity index is 1210. The van der Waals surface area contributed by atoms with Gasteiger partial charge in [-0.05, 0) is 46.2 Å². The molecule has 3 aromatic carbocycles. The maximum absolute atomic E-state index is 12.8. The minimum Gasteiger partial charge on any atom is -0.423 e. The van der Waals surface area contributed by atoms with Gasteiger partial charge in [0.1, 0.15) is 5.52 Å². The van der Waals surface area contributed by atoms with Crippen LogP contribution in [0.2, 0.25) is 5.02 Å². The van der Waals surface area contributed by atoms with E-state index in [1.165, 1.54) is 6.07 Å². The molecule has 0 saturated carbocycles. The Morgan fingerprint density at radius 3 is 2.63 bits per heavy atom. The number of hydrogen-bond acceptors (Lipinski definition) is 7. The molecule has 1 heterocycles. The molecule has 0 spiro atoms. The maximum Gasteiger partial charge on any atom is 0.489 e. The summed E-state index contributed by atoms with van der Waals surface area (Å²) >= 11 is 6.05. The van der Waals surface area contributed by atoms with Gasteiger partial charge in [-0.25, -0.2) is 4.63 Å². The van der Waals surface area contributed by atoms with E-state index in [-0.39, 0.29) is 22.9 Å². The molecule has 0 bridgehead atoms. The van der Waals surface area contributed by atoms with Crippen LogP contribution in [0.1, 0.15) is 15.9 Å². The van der Waals surface area contributed by atoms with Crippen LogP contribution in [0.4, 0.5) is 11.4 Å². The van der Waals surface area contributed by atoms with Crippen molar-refractivity contribution in [3.8, 4) is 0 Å². The molecule has 0 atom stereocenters. The molecule has 0 saturated heterocycles. The number of carbonyl (C=O) groups is 1. The van der Waals surface area contributed by atoms with Gasteiger partial charge in [0.2, 0.25) is 0 Å². The lowest BCUT2D eigenvalue weighted by Gasteiger charge is -2.13. The van der Waals surface area contributed by atoms with E-state index in [0.29, 0.717) is 28.0 Å². The number of aromatic nitrogens is 2. The highest BCUT2D eigenvalue weighted by atomic mass is 35.5. The van der Waals surface area contributed by atoms with Crippen molar-refractivity contribution in [2.24, 2.45) is 0 Å². The van der Waals surface area contributed by atoms with E-state index in [0.717, 1.165) is 5.56 Å². The van der Waals surface area contributed by atoms with Gasteiger partial charge >= 0.3 is 7.12 Å². The van der Waals surface area contributed by atoms with E-state index < -0.39 is 7.12 Å². The Hall–Kier alpha value is -3.40. The second-order valence-corrected chi connectivity index (χ2v) is 6.93. The molecule has 0 aliphatic carbocycles. The molecule has 1 amide bonds. The second-order valence-electron chi connectivity index (χ2n) is 6.52. The predicted molar refractivity (Wildman–Crippen MR) is 114 cm³/mol. The summed E-state index contributed by atoms with van der Waals surface area (Å²) < 4.78 is 4.78. The average molecular weight is 423 g/mol. The van der Waals surface area contributed by atoms with Crippen LogP contribution in [-0.4, -0.2) is 33.4 Å². The molecule has 8 nitrogen and oxygen atoms in total. The van der Waals surface area contributed by atoms with Gasteiger partial charge in [-0.1, -0.05) is 41.9 Å². The van der Waals surface area contributed by atoms with Gasteiger partial charge in [-0.2, -0.15) is 0 Å². The topological polar surface area (TPSA) is 121 Å². The zero-order valence-corrected chi connectivity index (χ0v) is 16.3. The lowest BCUT2D eigenvalue weighted by atomic mass is 9.80. The fourth-order valence-electron chi connectivity index (χ4n) is 3.01. The normalized spacial score (nSPS) is 10.8. The van der Waals surface area contributed by atoms with Crippen LogP contribution in [0.15, 0.2) is 65.3 Å². The van der Waals surface area contributed by atoms with Crippen molar-refractivity contribution in [3.63, 3.8) is 0 Å². The zero-order chi connectivity index (χ0) is 21.1. The monoisotopic (exact) mass is 422 g/mol. The van der Waals surface area contributed by atoms with Crippen LogP contribution < -0.4 is 16.1 Å². The Labute approximate surface area is 176 Å². The first-order valence-electron chi connectivity index (χ1n) is 9.03. The average Bonchev–Trinajstić information content (AvgIpc) is 3.22. The lowest BCUT2D eigenvalue weighted by molar-refractivity contribution is 0.0951. The second kappa shape index (κ2) is 8.54. The predicted octanol–water partition coefficient (Wildman–Crippen LogP) is 2.23. The number of carbonyl (C=O) groups excluding carboxylic acids is 1. The van der Waals surface area contributed by atoms with Gasteiger partial charge in [0.25, 0.3) is 5.91 Å². The number of para-hydroxylation sites is 1. The number of nitrogens with zero attached hydrogens (tertiary/aromatic N) is 2. The van der Waals surface area contributed by atoms with Gasteiger partial charge in [0.05, 0.1) is 16.9 Å². The van der Waals surface area contributed by atoms with Gasteiger partial charge in [-0.3, -0.25) is 4.79 Å². The number of nitrogens with one attached hydrogen (secondary N) is 2. The summed E-state index contributed by atoms with van der Waals surface area (Å²) in [6.07, 6.45) is 0. The molecule has 0 aliphatic rings. The fraction of sp³-hybridized carbons (Fsp3) is 0.0500. The fourth-order valence-corrected chi connectivity index (χ4v) is 3.31. The van der Waals surface area contributed by atoms with Gasteiger partial charge in [0, 0.05) is 17.0 Å². The molecular formula is C20H16BClN4O4. The first-order chi connectivity index (χ1) is 14.5. The van der Waals surface area contributed by atoms with E-state index >= 15 is 0 Å². The molecule has 0 unspecified atom stereocenters. The van der Waals surface area contributed by atoms with Crippen molar-refractivity contribution >= 4 is 52.5 Å². The smallest absolute Gasteiger partial charge is 0.423 e. The highest BCUT2D eigenvalue weighted by Crippen LogP contribution is 2.26. The standard InChI is InChI=1S/C20H16BClN4O4/c22-15-10-12(8-9-14(15)21(28)29)11-23-20(27)13-4-1-2-5-16(13)24-17-6-3-7-18-19(17)26-30-25-18/h1-10,24,28-29H,11H2,(H,23,27). The van der Waals surface area contributed by atoms with Crippen LogP contribution in [0.25, 0.3) is 11.0 Å². The van der Waals surface area contributed by atoms with Crippen molar-refractivity contribution in [1.29, 1.82) is 0 Å². The first kappa shape index (κ1) is 19.9. The minimum atomic E-state index is -1.65. The number of rotatable bonds is 6. The SMILES string of the molecule is O=C(NCc1ccc(B(O)O)c(Cl)c1)c1ccccc1Nc1cccc2nonc12. The van der Waals surface area contributed by atoms with Crippen LogP contribution >= 0.6 is 11.6 Å². The molecule has 4 aromatic rings. The van der Waals surface area contributed by atoms with Crippen LogP contribution in [-0.2, 0) is 6.54 Å². The molecule has 0 aliphatic heterocycles. The Kier molecular flexibility index (Phi) is 5.67. The van der Waals surface area contributed by atoms with Gasteiger partial charge in [0.15, 0.2) is 5.52 Å². The largest absolute Gasteiger partial charge is 0.489 e. The Balaban J connectivity index is 1.51. The molecule has 4 rings (SSSR count). The van der Waals surface area contributed by atoms with Crippen molar-refractivity contribution in [2.45, 2.75) is 6.54 Å². The summed E-state index contributed by atoms with van der Waals surface area (Å²) in [5, 5.41) is 32.5.